The zero-order valence-electron chi connectivity index (χ0n) is 11.9. The van der Waals surface area contributed by atoms with Crippen molar-refractivity contribution in [3.63, 3.8) is 0 Å². The molecule has 0 aromatic carbocycles. The van der Waals surface area contributed by atoms with E-state index in [4.69, 9.17) is 46.0 Å². The fourth-order valence-electron chi connectivity index (χ4n) is 0.666. The van der Waals surface area contributed by atoms with E-state index in [0.717, 1.165) is 0 Å². The highest BCUT2D eigenvalue weighted by Gasteiger charge is 2.37. The summed E-state index contributed by atoms with van der Waals surface area (Å²) in [6, 6.07) is 0. The smallest absolute Gasteiger partial charge is 0.335 e. The van der Waals surface area contributed by atoms with Gasteiger partial charge in [0.25, 0.3) is 5.09 Å². The average Bonchev–Trinajstić information content (AvgIpc) is 2.43. The highest BCUT2D eigenvalue weighted by atomic mass is 16.9. The summed E-state index contributed by atoms with van der Waals surface area (Å²) in [6.45, 7) is 4.36. The Morgan fingerprint density at radius 3 is 1.18 bits per heavy atom. The number of rotatable bonds is 6. The number of aliphatic hydroxyl groups excluding tert-OH is 4. The number of hydrogen-bond acceptors (Lipinski definition) is 8. The third-order valence-electron chi connectivity index (χ3n) is 2.00. The Morgan fingerprint density at radius 2 is 1.09 bits per heavy atom. The number of aliphatic hydroxyl groups is 4. The minimum absolute atomic E-state index is 1.32. The van der Waals surface area contributed by atoms with Crippen LogP contribution in [0.5, 0.6) is 0 Å². The lowest BCUT2D eigenvalue weighted by atomic mass is 10.0. The molecule has 22 heavy (non-hydrogen) atoms. The average molecular weight is 331 g/mol. The first-order valence-corrected chi connectivity index (χ1v) is 5.94. The Bertz CT molecular complexity index is 305. The Hall–Kier alpha value is -2.02. The molecule has 0 fully saturated rings. The van der Waals surface area contributed by atoms with E-state index in [9.17, 15) is 9.59 Å². The molecule has 0 saturated heterocycles. The molecule has 132 valence electrons. The number of carboxylic acids is 2. The first-order valence-electron chi connectivity index (χ1n) is 5.94. The van der Waals surface area contributed by atoms with Crippen molar-refractivity contribution in [2.45, 2.75) is 51.1 Å². The molecule has 0 aliphatic heterocycles. The van der Waals surface area contributed by atoms with E-state index in [1.807, 2.05) is 0 Å². The number of aliphatic carboxylic acids is 2. The van der Waals surface area contributed by atoms with Crippen LogP contribution in [0.3, 0.4) is 0 Å². The van der Waals surface area contributed by atoms with Crippen LogP contribution in [-0.2, 0) is 9.59 Å². The molecule has 4 unspecified atom stereocenters. The van der Waals surface area contributed by atoms with E-state index >= 15 is 0 Å². The predicted molar refractivity (Wildman–Crippen MR) is 68.7 cm³/mol. The van der Waals surface area contributed by atoms with Gasteiger partial charge in [0.15, 0.2) is 12.2 Å². The van der Waals surface area contributed by atoms with Crippen molar-refractivity contribution < 1.29 is 50.5 Å². The monoisotopic (exact) mass is 331 g/mol. The fraction of sp³-hybridized carbons (Fsp3) is 0.800. The summed E-state index contributed by atoms with van der Waals surface area (Å²) in [5.41, 5.74) is 0. The van der Waals surface area contributed by atoms with Crippen molar-refractivity contribution in [1.82, 2.24) is 0 Å². The lowest BCUT2D eigenvalue weighted by Gasteiger charge is -2.21. The minimum Gasteiger partial charge on any atom is -0.479 e. The van der Waals surface area contributed by atoms with Gasteiger partial charge in [-0.3, -0.25) is 0 Å². The topological polar surface area (TPSA) is 219 Å². The summed E-state index contributed by atoms with van der Waals surface area (Å²) in [4.78, 5) is 28.5. The van der Waals surface area contributed by atoms with Crippen molar-refractivity contribution >= 4 is 11.9 Å². The van der Waals surface area contributed by atoms with Crippen molar-refractivity contribution in [3.05, 3.63) is 10.1 Å². The second-order valence-electron chi connectivity index (χ2n) is 3.79. The van der Waals surface area contributed by atoms with Gasteiger partial charge in [0.2, 0.25) is 0 Å². The molecule has 0 amide bonds. The van der Waals surface area contributed by atoms with Gasteiger partial charge in [-0.1, -0.05) is 26.7 Å². The Labute approximate surface area is 125 Å². The first-order chi connectivity index (χ1) is 9.93. The lowest BCUT2D eigenvalue weighted by molar-refractivity contribution is -0.742. The minimum atomic E-state index is -2.36. The van der Waals surface area contributed by atoms with E-state index in [-0.39, 0.29) is 0 Å². The van der Waals surface area contributed by atoms with Gasteiger partial charge in [-0.15, -0.1) is 10.1 Å². The fourth-order valence-corrected chi connectivity index (χ4v) is 0.666. The summed E-state index contributed by atoms with van der Waals surface area (Å²) >= 11 is 0. The van der Waals surface area contributed by atoms with E-state index in [1.54, 1.807) is 0 Å². The van der Waals surface area contributed by atoms with E-state index in [2.05, 4.69) is 13.8 Å². The highest BCUT2D eigenvalue weighted by Crippen LogP contribution is 2.05. The largest absolute Gasteiger partial charge is 0.479 e. The van der Waals surface area contributed by atoms with Gasteiger partial charge >= 0.3 is 11.9 Å². The third-order valence-corrected chi connectivity index (χ3v) is 2.00. The van der Waals surface area contributed by atoms with Crippen molar-refractivity contribution in [2.75, 3.05) is 0 Å². The summed E-state index contributed by atoms with van der Waals surface area (Å²) in [5.74, 6) is -3.68. The third kappa shape index (κ3) is 14.4. The van der Waals surface area contributed by atoms with Gasteiger partial charge < -0.3 is 35.8 Å². The van der Waals surface area contributed by atoms with E-state index in [1.165, 1.54) is 12.8 Å². The summed E-state index contributed by atoms with van der Waals surface area (Å²) < 4.78 is 0. The van der Waals surface area contributed by atoms with Gasteiger partial charge in [0.05, 0.1) is 0 Å². The first kappa shape index (κ1) is 25.0. The number of carboxylic acid groups (broad SMARTS) is 2. The number of carbonyl (C=O) groups is 2. The van der Waals surface area contributed by atoms with Crippen molar-refractivity contribution in [3.8, 4) is 0 Å². The number of nitrogens with zero attached hydrogens (tertiary/aromatic N) is 1. The molecule has 0 saturated carbocycles. The normalized spacial score (nSPS) is 14.8. The Kier molecular flexibility index (Phi) is 15.8. The number of unbranched alkanes of at least 4 members (excludes halogenated alkanes) is 1. The van der Waals surface area contributed by atoms with Crippen LogP contribution in [-0.4, -0.2) is 77.3 Å². The van der Waals surface area contributed by atoms with Gasteiger partial charge in [0, 0.05) is 0 Å². The molecule has 12 heteroatoms. The maximum atomic E-state index is 10.1. The molecular weight excluding hydrogens is 310 g/mol. The molecule has 0 aromatic heterocycles. The molecule has 7 N–H and O–H groups in total. The summed E-state index contributed by atoms with van der Waals surface area (Å²) in [7, 11) is 0. The number of hydrogen-bond donors (Lipinski definition) is 7. The molecule has 0 bridgehead atoms. The van der Waals surface area contributed by atoms with Crippen LogP contribution in [0.25, 0.3) is 0 Å². The Morgan fingerprint density at radius 1 is 0.909 bits per heavy atom. The molecule has 0 aliphatic carbocycles. The van der Waals surface area contributed by atoms with Crippen LogP contribution < -0.4 is 0 Å². The highest BCUT2D eigenvalue weighted by molar-refractivity contribution is 5.75. The molecule has 4 atom stereocenters. The predicted octanol–water partition coefficient (Wildman–Crippen LogP) is -1.94. The molecule has 0 heterocycles. The lowest BCUT2D eigenvalue weighted by Crippen LogP contribution is -2.49. The standard InChI is InChI=1S/C6H10O8.C4H10.HNO3/c7-1(3(9)5(11)12)2(8)4(10)6(13)14;1-3-4-2;2-1(3)4/h1-4,7-10H,(H,11,12)(H,13,14);3-4H2,1-2H3;(H,2,3,4). The molecular formula is C10H21NO11. The van der Waals surface area contributed by atoms with Crippen molar-refractivity contribution in [2.24, 2.45) is 0 Å². The molecule has 12 nitrogen and oxygen atoms in total. The van der Waals surface area contributed by atoms with Gasteiger partial charge in [-0.2, -0.15) is 0 Å². The van der Waals surface area contributed by atoms with Crippen LogP contribution in [0.1, 0.15) is 26.7 Å². The Balaban J connectivity index is -0.000000372. The zero-order chi connectivity index (χ0) is 18.5. The van der Waals surface area contributed by atoms with E-state index < -0.39 is 41.4 Å². The van der Waals surface area contributed by atoms with E-state index in [0.29, 0.717) is 0 Å². The molecule has 0 spiro atoms. The molecule has 0 aromatic rings. The maximum absolute atomic E-state index is 10.1. The quantitative estimate of drug-likeness (QED) is 0.209. The SMILES string of the molecule is CCCC.O=C(O)C(O)C(O)C(O)C(O)C(=O)O.O=[N+]([O-])O. The summed E-state index contributed by atoms with van der Waals surface area (Å²) in [5, 5.41) is 65.1. The molecule has 0 aliphatic rings. The van der Waals surface area contributed by atoms with Gasteiger partial charge in [-0.25, -0.2) is 9.59 Å². The zero-order valence-corrected chi connectivity index (χ0v) is 11.9. The van der Waals surface area contributed by atoms with Gasteiger partial charge in [0.1, 0.15) is 12.2 Å². The van der Waals surface area contributed by atoms with Crippen molar-refractivity contribution in [1.29, 1.82) is 0 Å². The molecule has 0 radical (unpaired) electrons. The van der Waals surface area contributed by atoms with Crippen LogP contribution in [0.4, 0.5) is 0 Å². The van der Waals surface area contributed by atoms with Gasteiger partial charge in [-0.05, 0) is 0 Å². The maximum Gasteiger partial charge on any atom is 0.335 e. The molecule has 0 rings (SSSR count). The van der Waals surface area contributed by atoms with Crippen LogP contribution in [0.2, 0.25) is 0 Å². The van der Waals surface area contributed by atoms with Crippen LogP contribution >= 0.6 is 0 Å². The summed E-state index contributed by atoms with van der Waals surface area (Å²) in [6.07, 6.45) is -6.64. The van der Waals surface area contributed by atoms with Crippen LogP contribution in [0.15, 0.2) is 0 Å². The second kappa shape index (κ2) is 13.9. The second-order valence-corrected chi connectivity index (χ2v) is 3.79. The van der Waals surface area contributed by atoms with Crippen LogP contribution in [0, 0.1) is 10.1 Å².